The number of piperidine rings is 1. The quantitative estimate of drug-likeness (QED) is 0.844. The monoisotopic (exact) mass is 256 g/mol. The molecule has 1 amide bonds. The van der Waals surface area contributed by atoms with E-state index in [-0.39, 0.29) is 6.09 Å². The fraction of sp³-hybridized carbons (Fsp3) is 0.929. The lowest BCUT2D eigenvalue weighted by Gasteiger charge is -2.36. The molecule has 18 heavy (non-hydrogen) atoms. The molecule has 0 spiro atoms. The molecule has 0 saturated carbocycles. The van der Waals surface area contributed by atoms with Crippen LogP contribution in [0.4, 0.5) is 4.79 Å². The van der Waals surface area contributed by atoms with Gasteiger partial charge in [0.2, 0.25) is 0 Å². The van der Waals surface area contributed by atoms with Crippen LogP contribution in [0.25, 0.3) is 0 Å². The molecule has 4 heteroatoms. The van der Waals surface area contributed by atoms with E-state index in [1.54, 1.807) is 0 Å². The average molecular weight is 256 g/mol. The number of likely N-dealkylation sites (tertiary alicyclic amines) is 1. The lowest BCUT2D eigenvalue weighted by atomic mass is 9.92. The third-order valence-electron chi connectivity index (χ3n) is 3.34. The molecule has 0 aromatic heterocycles. The molecule has 1 rings (SSSR count). The molecule has 4 nitrogen and oxygen atoms in total. The standard InChI is InChI=1S/C14H28N2O2/c1-6-15-11(2)12-8-7-9-16(10-12)13(17)18-14(3,4)5/h11-12,15H,6-10H2,1-5H3. The number of amides is 1. The summed E-state index contributed by atoms with van der Waals surface area (Å²) in [6.45, 7) is 12.7. The molecular formula is C14H28N2O2. The van der Waals surface area contributed by atoms with Gasteiger partial charge in [0.05, 0.1) is 0 Å². The van der Waals surface area contributed by atoms with Crippen molar-refractivity contribution in [2.45, 2.75) is 59.1 Å². The zero-order chi connectivity index (χ0) is 13.8. The molecule has 106 valence electrons. The molecule has 2 unspecified atom stereocenters. The molecule has 1 saturated heterocycles. The summed E-state index contributed by atoms with van der Waals surface area (Å²) in [6, 6.07) is 0.459. The molecule has 1 N–H and O–H groups in total. The number of nitrogens with zero attached hydrogens (tertiary/aromatic N) is 1. The van der Waals surface area contributed by atoms with E-state index in [1.807, 2.05) is 25.7 Å². The smallest absolute Gasteiger partial charge is 0.410 e. The van der Waals surface area contributed by atoms with Crippen molar-refractivity contribution in [1.29, 1.82) is 0 Å². The number of rotatable bonds is 3. The third kappa shape index (κ3) is 4.84. The highest BCUT2D eigenvalue weighted by molar-refractivity contribution is 5.68. The minimum absolute atomic E-state index is 0.170. The van der Waals surface area contributed by atoms with Crippen molar-refractivity contribution < 1.29 is 9.53 Å². The van der Waals surface area contributed by atoms with Gasteiger partial charge in [-0.2, -0.15) is 0 Å². The summed E-state index contributed by atoms with van der Waals surface area (Å²) in [5, 5.41) is 3.44. The van der Waals surface area contributed by atoms with Crippen LogP contribution in [0.1, 0.15) is 47.5 Å². The summed E-state index contributed by atoms with van der Waals surface area (Å²) in [6.07, 6.45) is 2.09. The Morgan fingerprint density at radius 2 is 2.17 bits per heavy atom. The van der Waals surface area contributed by atoms with Gasteiger partial charge in [-0.25, -0.2) is 4.79 Å². The molecule has 1 heterocycles. The number of ether oxygens (including phenoxy) is 1. The lowest BCUT2D eigenvalue weighted by Crippen LogP contribution is -2.47. The molecule has 2 atom stereocenters. The Morgan fingerprint density at radius 1 is 1.50 bits per heavy atom. The molecule has 0 aromatic carbocycles. The number of carbonyl (C=O) groups is 1. The highest BCUT2D eigenvalue weighted by Crippen LogP contribution is 2.21. The second-order valence-corrected chi connectivity index (χ2v) is 6.18. The van der Waals surface area contributed by atoms with E-state index in [2.05, 4.69) is 19.2 Å². The van der Waals surface area contributed by atoms with Gasteiger partial charge in [0, 0.05) is 19.1 Å². The fourth-order valence-electron chi connectivity index (χ4n) is 2.40. The third-order valence-corrected chi connectivity index (χ3v) is 3.34. The minimum atomic E-state index is -0.405. The predicted octanol–water partition coefficient (Wildman–Crippen LogP) is 2.63. The Bertz CT molecular complexity index is 273. The Hall–Kier alpha value is -0.770. The lowest BCUT2D eigenvalue weighted by molar-refractivity contribution is 0.0149. The summed E-state index contributed by atoms with van der Waals surface area (Å²) >= 11 is 0. The van der Waals surface area contributed by atoms with Gasteiger partial charge in [0.1, 0.15) is 5.60 Å². The maximum absolute atomic E-state index is 12.0. The van der Waals surface area contributed by atoms with Crippen LogP contribution in [0, 0.1) is 5.92 Å². The molecule has 0 bridgehead atoms. The highest BCUT2D eigenvalue weighted by Gasteiger charge is 2.29. The van der Waals surface area contributed by atoms with E-state index >= 15 is 0 Å². The van der Waals surface area contributed by atoms with E-state index in [4.69, 9.17) is 4.74 Å². The second kappa shape index (κ2) is 6.41. The zero-order valence-corrected chi connectivity index (χ0v) is 12.5. The molecule has 0 aromatic rings. The number of carbonyl (C=O) groups excluding carboxylic acids is 1. The number of nitrogens with one attached hydrogen (secondary N) is 1. The first kappa shape index (κ1) is 15.3. The summed E-state index contributed by atoms with van der Waals surface area (Å²) in [5.41, 5.74) is -0.405. The van der Waals surface area contributed by atoms with Crippen LogP contribution in [0.5, 0.6) is 0 Å². The van der Waals surface area contributed by atoms with Crippen LogP contribution >= 0.6 is 0 Å². The van der Waals surface area contributed by atoms with Gasteiger partial charge in [-0.3, -0.25) is 0 Å². The first-order valence-electron chi connectivity index (χ1n) is 7.04. The first-order valence-corrected chi connectivity index (χ1v) is 7.04. The highest BCUT2D eigenvalue weighted by atomic mass is 16.6. The van der Waals surface area contributed by atoms with Crippen molar-refractivity contribution in [3.8, 4) is 0 Å². The summed E-state index contributed by atoms with van der Waals surface area (Å²) in [5.74, 6) is 0.534. The fourth-order valence-corrected chi connectivity index (χ4v) is 2.40. The summed E-state index contributed by atoms with van der Waals surface area (Å²) < 4.78 is 5.43. The Labute approximate surface area is 111 Å². The van der Waals surface area contributed by atoms with E-state index in [9.17, 15) is 4.79 Å². The number of hydrogen-bond acceptors (Lipinski definition) is 3. The Balaban J connectivity index is 2.50. The van der Waals surface area contributed by atoms with E-state index in [0.29, 0.717) is 12.0 Å². The predicted molar refractivity (Wildman–Crippen MR) is 73.7 cm³/mol. The number of hydrogen-bond donors (Lipinski definition) is 1. The van der Waals surface area contributed by atoms with Crippen molar-refractivity contribution in [3.05, 3.63) is 0 Å². The SMILES string of the molecule is CCNC(C)C1CCCN(C(=O)OC(C)(C)C)C1. The van der Waals surface area contributed by atoms with Crippen molar-refractivity contribution >= 4 is 6.09 Å². The first-order chi connectivity index (χ1) is 8.33. The molecule has 1 fully saturated rings. The van der Waals surface area contributed by atoms with Gasteiger partial charge in [-0.05, 0) is 53.0 Å². The largest absolute Gasteiger partial charge is 0.444 e. The van der Waals surface area contributed by atoms with Crippen LogP contribution in [0.2, 0.25) is 0 Å². The summed E-state index contributed by atoms with van der Waals surface area (Å²) in [4.78, 5) is 13.9. The average Bonchev–Trinajstić information content (AvgIpc) is 2.27. The van der Waals surface area contributed by atoms with Crippen molar-refractivity contribution in [2.24, 2.45) is 5.92 Å². The van der Waals surface area contributed by atoms with Crippen molar-refractivity contribution in [2.75, 3.05) is 19.6 Å². The second-order valence-electron chi connectivity index (χ2n) is 6.18. The Morgan fingerprint density at radius 3 is 2.72 bits per heavy atom. The van der Waals surface area contributed by atoms with Gasteiger partial charge in [-0.1, -0.05) is 6.92 Å². The van der Waals surface area contributed by atoms with Crippen LogP contribution in [0.15, 0.2) is 0 Å². The van der Waals surface area contributed by atoms with Crippen molar-refractivity contribution in [1.82, 2.24) is 10.2 Å². The molecule has 1 aliphatic heterocycles. The Kier molecular flexibility index (Phi) is 5.45. The maximum atomic E-state index is 12.0. The van der Waals surface area contributed by atoms with Gasteiger partial charge >= 0.3 is 6.09 Å². The maximum Gasteiger partial charge on any atom is 0.410 e. The van der Waals surface area contributed by atoms with Crippen LogP contribution in [0.3, 0.4) is 0 Å². The van der Waals surface area contributed by atoms with Crippen molar-refractivity contribution in [3.63, 3.8) is 0 Å². The molecule has 0 radical (unpaired) electrons. The summed E-state index contributed by atoms with van der Waals surface area (Å²) in [7, 11) is 0. The molecule has 1 aliphatic rings. The van der Waals surface area contributed by atoms with E-state index < -0.39 is 5.60 Å². The zero-order valence-electron chi connectivity index (χ0n) is 12.5. The molecular weight excluding hydrogens is 228 g/mol. The van der Waals surface area contributed by atoms with Crippen LogP contribution < -0.4 is 5.32 Å². The van der Waals surface area contributed by atoms with Gasteiger partial charge < -0.3 is 15.0 Å². The van der Waals surface area contributed by atoms with Gasteiger partial charge in [-0.15, -0.1) is 0 Å². The molecule has 0 aliphatic carbocycles. The van der Waals surface area contributed by atoms with Crippen LogP contribution in [-0.2, 0) is 4.74 Å². The topological polar surface area (TPSA) is 41.6 Å². The normalized spacial score (nSPS) is 22.7. The van der Waals surface area contributed by atoms with Gasteiger partial charge in [0.15, 0.2) is 0 Å². The van der Waals surface area contributed by atoms with Crippen LogP contribution in [-0.4, -0.2) is 42.3 Å². The van der Waals surface area contributed by atoms with E-state index in [0.717, 1.165) is 26.1 Å². The van der Waals surface area contributed by atoms with E-state index in [1.165, 1.54) is 6.42 Å². The minimum Gasteiger partial charge on any atom is -0.444 e. The van der Waals surface area contributed by atoms with Gasteiger partial charge in [0.25, 0.3) is 0 Å².